The molecule has 92 valence electrons. The van der Waals surface area contributed by atoms with Crippen molar-refractivity contribution in [2.24, 2.45) is 5.92 Å². The zero-order valence-electron chi connectivity index (χ0n) is 9.64. The number of ether oxygens (including phenoxy) is 1. The van der Waals surface area contributed by atoms with Crippen LogP contribution in [0.1, 0.15) is 26.7 Å². The van der Waals surface area contributed by atoms with E-state index >= 15 is 0 Å². The molecule has 0 spiro atoms. The average molecular weight is 246 g/mol. The third-order valence-corrected chi connectivity index (χ3v) is 4.73. The Morgan fingerprint density at radius 1 is 1.62 bits per heavy atom. The minimum Gasteiger partial charge on any atom is -0.378 e. The van der Waals surface area contributed by atoms with Gasteiger partial charge >= 0.3 is 0 Å². The molecule has 0 aromatic rings. The summed E-state index contributed by atoms with van der Waals surface area (Å²) in [5.41, 5.74) is 0. The Kier molecular flexibility index (Phi) is 4.71. The van der Waals surface area contributed by atoms with Crippen LogP contribution in [0.15, 0.2) is 0 Å². The van der Waals surface area contributed by atoms with Crippen molar-refractivity contribution in [1.29, 1.82) is 5.26 Å². The smallest absolute Gasteiger partial charge is 0.227 e. The Balaban J connectivity index is 2.51. The van der Waals surface area contributed by atoms with E-state index in [1.165, 1.54) is 0 Å². The molecule has 0 amide bonds. The second-order valence-electron chi connectivity index (χ2n) is 4.04. The molecule has 1 fully saturated rings. The molecule has 16 heavy (non-hydrogen) atoms. The van der Waals surface area contributed by atoms with E-state index in [-0.39, 0.29) is 12.0 Å². The zero-order chi connectivity index (χ0) is 12.2. The van der Waals surface area contributed by atoms with Gasteiger partial charge in [0.2, 0.25) is 10.0 Å². The highest BCUT2D eigenvalue weighted by molar-refractivity contribution is 7.90. The fourth-order valence-corrected chi connectivity index (χ4v) is 2.97. The topological polar surface area (TPSA) is 79.2 Å². The Morgan fingerprint density at radius 2 is 2.31 bits per heavy atom. The fourth-order valence-electron chi connectivity index (χ4n) is 1.75. The molecule has 0 aliphatic carbocycles. The van der Waals surface area contributed by atoms with Crippen LogP contribution in [0, 0.1) is 17.2 Å². The molecule has 0 bridgehead atoms. The molecule has 1 saturated heterocycles. The van der Waals surface area contributed by atoms with Gasteiger partial charge in [0.25, 0.3) is 0 Å². The summed E-state index contributed by atoms with van der Waals surface area (Å²) in [6.07, 6.45) is 1.26. The molecule has 0 saturated carbocycles. The van der Waals surface area contributed by atoms with Crippen molar-refractivity contribution < 1.29 is 13.2 Å². The van der Waals surface area contributed by atoms with Crippen LogP contribution < -0.4 is 4.72 Å². The number of nitrogens with zero attached hydrogens (tertiary/aromatic N) is 1. The molecule has 1 aliphatic heterocycles. The number of rotatable bonds is 5. The van der Waals surface area contributed by atoms with Gasteiger partial charge in [-0.25, -0.2) is 13.1 Å². The summed E-state index contributed by atoms with van der Waals surface area (Å²) in [5, 5.41) is 7.76. The maximum Gasteiger partial charge on any atom is 0.227 e. The van der Waals surface area contributed by atoms with Crippen LogP contribution in [0.25, 0.3) is 0 Å². The van der Waals surface area contributed by atoms with Gasteiger partial charge in [-0.3, -0.25) is 0 Å². The van der Waals surface area contributed by atoms with Gasteiger partial charge in [0, 0.05) is 19.1 Å². The average Bonchev–Trinajstić information content (AvgIpc) is 2.62. The zero-order valence-corrected chi connectivity index (χ0v) is 10.5. The largest absolute Gasteiger partial charge is 0.378 e. The summed E-state index contributed by atoms with van der Waals surface area (Å²) < 4.78 is 31.2. The molecule has 0 aromatic heterocycles. The minimum atomic E-state index is -3.50. The van der Waals surface area contributed by atoms with E-state index < -0.39 is 15.3 Å². The summed E-state index contributed by atoms with van der Waals surface area (Å²) in [7, 11) is -3.50. The standard InChI is InChI=1S/C10H18N2O3S/c1-3-10(6-11)16(13,14)12-7-9-4-5-15-8(9)2/h8-10,12H,3-5,7H2,1-2H3. The van der Waals surface area contributed by atoms with Gasteiger partial charge in [-0.2, -0.15) is 5.26 Å². The summed E-state index contributed by atoms with van der Waals surface area (Å²) in [5.74, 6) is 0.214. The van der Waals surface area contributed by atoms with E-state index in [1.807, 2.05) is 6.92 Å². The van der Waals surface area contributed by atoms with Crippen LogP contribution >= 0.6 is 0 Å². The first-order valence-electron chi connectivity index (χ1n) is 5.51. The molecular weight excluding hydrogens is 228 g/mol. The number of hydrogen-bond acceptors (Lipinski definition) is 4. The van der Waals surface area contributed by atoms with E-state index in [2.05, 4.69) is 4.72 Å². The van der Waals surface area contributed by atoms with E-state index in [0.29, 0.717) is 19.6 Å². The first-order valence-corrected chi connectivity index (χ1v) is 7.05. The van der Waals surface area contributed by atoms with Crippen LogP contribution in [-0.4, -0.2) is 32.9 Å². The van der Waals surface area contributed by atoms with E-state index in [1.54, 1.807) is 13.0 Å². The van der Waals surface area contributed by atoms with Crippen molar-refractivity contribution in [3.05, 3.63) is 0 Å². The monoisotopic (exact) mass is 246 g/mol. The fraction of sp³-hybridized carbons (Fsp3) is 0.900. The molecule has 1 rings (SSSR count). The van der Waals surface area contributed by atoms with Gasteiger partial charge in [-0.1, -0.05) is 6.92 Å². The Hall–Kier alpha value is -0.640. The number of nitrogens with one attached hydrogen (secondary N) is 1. The van der Waals surface area contributed by atoms with Crippen molar-refractivity contribution >= 4 is 10.0 Å². The van der Waals surface area contributed by atoms with Crippen molar-refractivity contribution in [3.8, 4) is 6.07 Å². The lowest BCUT2D eigenvalue weighted by Crippen LogP contribution is -2.37. The molecule has 0 aromatic carbocycles. The molecule has 5 nitrogen and oxygen atoms in total. The van der Waals surface area contributed by atoms with Crippen molar-refractivity contribution in [3.63, 3.8) is 0 Å². The predicted molar refractivity (Wildman–Crippen MR) is 60.1 cm³/mol. The lowest BCUT2D eigenvalue weighted by Gasteiger charge is -2.16. The lowest BCUT2D eigenvalue weighted by atomic mass is 10.0. The lowest BCUT2D eigenvalue weighted by molar-refractivity contribution is 0.107. The SMILES string of the molecule is CCC(C#N)S(=O)(=O)NCC1CCOC1C. The third kappa shape index (κ3) is 3.17. The quantitative estimate of drug-likeness (QED) is 0.771. The van der Waals surface area contributed by atoms with E-state index in [4.69, 9.17) is 10.00 Å². The molecule has 1 aliphatic rings. The molecule has 0 radical (unpaired) electrons. The van der Waals surface area contributed by atoms with Crippen molar-refractivity contribution in [2.75, 3.05) is 13.2 Å². The number of sulfonamides is 1. The normalized spacial score (nSPS) is 27.6. The summed E-state index contributed by atoms with van der Waals surface area (Å²) in [6, 6.07) is 1.80. The molecule has 3 unspecified atom stereocenters. The Morgan fingerprint density at radius 3 is 2.75 bits per heavy atom. The van der Waals surface area contributed by atoms with Gasteiger partial charge < -0.3 is 4.74 Å². The number of hydrogen-bond donors (Lipinski definition) is 1. The van der Waals surface area contributed by atoms with Gasteiger partial charge in [0.15, 0.2) is 5.25 Å². The minimum absolute atomic E-state index is 0.0878. The van der Waals surface area contributed by atoms with Crippen LogP contribution in [-0.2, 0) is 14.8 Å². The molecule has 1 N–H and O–H groups in total. The van der Waals surface area contributed by atoms with Crippen molar-refractivity contribution in [2.45, 2.75) is 38.0 Å². The van der Waals surface area contributed by atoms with Crippen LogP contribution in [0.4, 0.5) is 0 Å². The maximum absolute atomic E-state index is 11.7. The van der Waals surface area contributed by atoms with Crippen LogP contribution in [0.3, 0.4) is 0 Å². The Labute approximate surface area is 96.8 Å². The highest BCUT2D eigenvalue weighted by atomic mass is 32.2. The van der Waals surface area contributed by atoms with Gasteiger partial charge in [-0.05, 0) is 19.8 Å². The summed E-state index contributed by atoms with van der Waals surface area (Å²) in [6.45, 7) is 4.67. The highest BCUT2D eigenvalue weighted by Gasteiger charge is 2.28. The molecular formula is C10H18N2O3S. The molecule has 3 atom stereocenters. The van der Waals surface area contributed by atoms with Gasteiger partial charge in [0.1, 0.15) is 0 Å². The van der Waals surface area contributed by atoms with Gasteiger partial charge in [-0.15, -0.1) is 0 Å². The molecule has 6 heteroatoms. The van der Waals surface area contributed by atoms with Gasteiger partial charge in [0.05, 0.1) is 12.2 Å². The summed E-state index contributed by atoms with van der Waals surface area (Å²) in [4.78, 5) is 0. The van der Waals surface area contributed by atoms with E-state index in [9.17, 15) is 8.42 Å². The van der Waals surface area contributed by atoms with E-state index in [0.717, 1.165) is 6.42 Å². The first-order chi connectivity index (χ1) is 7.51. The van der Waals surface area contributed by atoms with Crippen LogP contribution in [0.5, 0.6) is 0 Å². The summed E-state index contributed by atoms with van der Waals surface area (Å²) >= 11 is 0. The van der Waals surface area contributed by atoms with Crippen LogP contribution in [0.2, 0.25) is 0 Å². The molecule has 1 heterocycles. The van der Waals surface area contributed by atoms with Crippen molar-refractivity contribution in [1.82, 2.24) is 4.72 Å². The second-order valence-corrected chi connectivity index (χ2v) is 5.99. The first kappa shape index (κ1) is 13.4. The second kappa shape index (κ2) is 5.62. The predicted octanol–water partition coefficient (Wildman–Crippen LogP) is 0.633. The third-order valence-electron chi connectivity index (χ3n) is 2.97. The maximum atomic E-state index is 11.7. The Bertz CT molecular complexity index is 361. The number of nitriles is 1. The highest BCUT2D eigenvalue weighted by Crippen LogP contribution is 2.19.